The van der Waals surface area contributed by atoms with E-state index < -0.39 is 5.91 Å². The maximum absolute atomic E-state index is 12.3. The lowest BCUT2D eigenvalue weighted by Crippen LogP contribution is -2.11. The summed E-state index contributed by atoms with van der Waals surface area (Å²) >= 11 is 0. The Bertz CT molecular complexity index is 1410. The molecule has 0 bridgehead atoms. The van der Waals surface area contributed by atoms with Gasteiger partial charge in [-0.3, -0.25) is 4.79 Å². The van der Waals surface area contributed by atoms with E-state index >= 15 is 0 Å². The van der Waals surface area contributed by atoms with Crippen LogP contribution in [0.1, 0.15) is 21.7 Å². The number of amides is 1. The minimum atomic E-state index is -0.504. The van der Waals surface area contributed by atoms with Gasteiger partial charge in [-0.05, 0) is 28.1 Å². The molecule has 0 aliphatic heterocycles. The van der Waals surface area contributed by atoms with Crippen LogP contribution >= 0.6 is 0 Å². The van der Waals surface area contributed by atoms with Gasteiger partial charge in [-0.25, -0.2) is 5.10 Å². The van der Waals surface area contributed by atoms with Gasteiger partial charge in [0.05, 0.1) is 23.5 Å². The molecule has 0 atom stereocenters. The van der Waals surface area contributed by atoms with Crippen molar-refractivity contribution in [2.24, 2.45) is 5.73 Å². The number of nitrogens with one attached hydrogen (secondary N) is 1. The number of aromatic amines is 1. The molecule has 0 saturated heterocycles. The number of methoxy groups -OCH3 is 1. The Hall–Kier alpha value is -4.40. The van der Waals surface area contributed by atoms with E-state index in [0.29, 0.717) is 29.4 Å². The number of hydrogen-bond donors (Lipinski definition) is 2. The number of nitrogens with two attached hydrogens (primary N) is 1. The van der Waals surface area contributed by atoms with Gasteiger partial charge in [-0.15, -0.1) is 5.10 Å². The van der Waals surface area contributed by atoms with Crippen molar-refractivity contribution in [1.82, 2.24) is 25.2 Å². The molecule has 5 rings (SSSR count). The topological polar surface area (TPSA) is 121 Å². The minimum Gasteiger partial charge on any atom is -0.497 e. The summed E-state index contributed by atoms with van der Waals surface area (Å²) < 4.78 is 13.8. The van der Waals surface area contributed by atoms with Crippen molar-refractivity contribution in [1.29, 1.82) is 0 Å². The van der Waals surface area contributed by atoms with Crippen LogP contribution in [-0.2, 0) is 13.2 Å². The van der Waals surface area contributed by atoms with Gasteiger partial charge in [0.25, 0.3) is 0 Å². The Morgan fingerprint density at radius 1 is 1.06 bits per heavy atom. The van der Waals surface area contributed by atoms with Gasteiger partial charge in [0.15, 0.2) is 5.82 Å². The van der Waals surface area contributed by atoms with Crippen molar-refractivity contribution >= 4 is 27.7 Å². The van der Waals surface area contributed by atoms with Crippen molar-refractivity contribution in [3.63, 3.8) is 0 Å². The molecule has 0 fully saturated rings. The number of rotatable bonds is 7. The molecule has 2 heterocycles. The van der Waals surface area contributed by atoms with E-state index in [4.69, 9.17) is 15.2 Å². The lowest BCUT2D eigenvalue weighted by atomic mass is 10.1. The van der Waals surface area contributed by atoms with Gasteiger partial charge in [0.2, 0.25) is 5.91 Å². The monoisotopic (exact) mass is 428 g/mol. The lowest BCUT2D eigenvalue weighted by molar-refractivity contribution is 0.100. The Labute approximate surface area is 182 Å². The van der Waals surface area contributed by atoms with Gasteiger partial charge in [0, 0.05) is 29.6 Å². The molecule has 0 radical (unpaired) electrons. The average molecular weight is 428 g/mol. The summed E-state index contributed by atoms with van der Waals surface area (Å²) in [7, 11) is 1.60. The van der Waals surface area contributed by atoms with Crippen LogP contribution in [-0.4, -0.2) is 38.2 Å². The van der Waals surface area contributed by atoms with Gasteiger partial charge in [-0.2, -0.15) is 0 Å². The molecule has 9 heteroatoms. The quantitative estimate of drug-likeness (QED) is 0.411. The SMILES string of the molecule is COc1cc(OCc2nnn[nH]2)c2c3c(C(N)=O)cccc3n(Cc3ccccc3)c2c1. The molecule has 0 aliphatic rings. The number of hydrogen-bond acceptors (Lipinski definition) is 6. The number of primary amides is 1. The van der Waals surface area contributed by atoms with Crippen molar-refractivity contribution in [3.8, 4) is 11.5 Å². The van der Waals surface area contributed by atoms with Gasteiger partial charge in [-0.1, -0.05) is 36.4 Å². The third-order valence-corrected chi connectivity index (χ3v) is 5.37. The molecule has 32 heavy (non-hydrogen) atoms. The summed E-state index contributed by atoms with van der Waals surface area (Å²) in [5.41, 5.74) is 9.03. The first kappa shape index (κ1) is 19.6. The lowest BCUT2D eigenvalue weighted by Gasteiger charge is -2.11. The predicted octanol–water partition coefficient (Wildman–Crippen LogP) is 3.04. The summed E-state index contributed by atoms with van der Waals surface area (Å²) in [4.78, 5) is 12.3. The largest absolute Gasteiger partial charge is 0.497 e. The highest BCUT2D eigenvalue weighted by atomic mass is 16.5. The highest BCUT2D eigenvalue weighted by Gasteiger charge is 2.21. The van der Waals surface area contributed by atoms with Gasteiger partial charge in [0.1, 0.15) is 18.1 Å². The molecule has 2 aromatic heterocycles. The smallest absolute Gasteiger partial charge is 0.249 e. The van der Waals surface area contributed by atoms with E-state index in [-0.39, 0.29) is 6.61 Å². The van der Waals surface area contributed by atoms with E-state index in [2.05, 4.69) is 37.3 Å². The number of fused-ring (bicyclic) bond motifs is 3. The fourth-order valence-electron chi connectivity index (χ4n) is 3.96. The zero-order valence-electron chi connectivity index (χ0n) is 17.3. The molecule has 5 aromatic rings. The first-order chi connectivity index (χ1) is 15.7. The molecule has 3 aromatic carbocycles. The van der Waals surface area contributed by atoms with E-state index in [1.54, 1.807) is 19.2 Å². The second-order valence-electron chi connectivity index (χ2n) is 7.29. The predicted molar refractivity (Wildman–Crippen MR) is 119 cm³/mol. The molecule has 0 unspecified atom stereocenters. The molecule has 3 N–H and O–H groups in total. The Morgan fingerprint density at radius 2 is 1.91 bits per heavy atom. The standard InChI is InChI=1S/C23H20N6O3/c1-31-15-10-18-22(19(11-15)32-13-20-25-27-28-26-20)21-16(23(24)30)8-5-9-17(21)29(18)12-14-6-3-2-4-7-14/h2-11H,12-13H2,1H3,(H2,24,30)(H,25,26,27,28). The van der Waals surface area contributed by atoms with Crippen LogP contribution < -0.4 is 15.2 Å². The molecule has 0 saturated carbocycles. The Morgan fingerprint density at radius 3 is 2.62 bits per heavy atom. The summed E-state index contributed by atoms with van der Waals surface area (Å²) in [6, 6.07) is 19.4. The van der Waals surface area contributed by atoms with Crippen LogP contribution in [0.5, 0.6) is 11.5 Å². The normalized spacial score (nSPS) is 11.2. The van der Waals surface area contributed by atoms with Crippen molar-refractivity contribution in [3.05, 3.63) is 77.6 Å². The number of benzene rings is 3. The zero-order chi connectivity index (χ0) is 22.1. The van der Waals surface area contributed by atoms with E-state index in [1.807, 2.05) is 36.4 Å². The zero-order valence-corrected chi connectivity index (χ0v) is 17.3. The van der Waals surface area contributed by atoms with Crippen LogP contribution in [0, 0.1) is 0 Å². The third kappa shape index (κ3) is 3.39. The van der Waals surface area contributed by atoms with Crippen molar-refractivity contribution < 1.29 is 14.3 Å². The molecule has 0 spiro atoms. The molecule has 1 amide bonds. The maximum Gasteiger partial charge on any atom is 0.249 e. The molecule has 9 nitrogen and oxygen atoms in total. The second-order valence-corrected chi connectivity index (χ2v) is 7.29. The number of carbonyl (C=O) groups excluding carboxylic acids is 1. The van der Waals surface area contributed by atoms with E-state index in [0.717, 1.165) is 27.4 Å². The maximum atomic E-state index is 12.3. The summed E-state index contributed by atoms with van der Waals surface area (Å²) in [5.74, 6) is 1.14. The molecule has 0 aliphatic carbocycles. The molecular formula is C23H20N6O3. The number of aromatic nitrogens is 5. The highest BCUT2D eigenvalue weighted by Crippen LogP contribution is 2.41. The van der Waals surface area contributed by atoms with Crippen LogP contribution in [0.15, 0.2) is 60.7 Å². The Balaban J connectivity index is 1.79. The summed E-state index contributed by atoms with van der Waals surface area (Å²) in [6.45, 7) is 0.723. The molecular weight excluding hydrogens is 408 g/mol. The van der Waals surface area contributed by atoms with E-state index in [1.165, 1.54) is 0 Å². The third-order valence-electron chi connectivity index (χ3n) is 5.37. The summed E-state index contributed by atoms with van der Waals surface area (Å²) in [5, 5.41) is 15.2. The van der Waals surface area contributed by atoms with Crippen molar-refractivity contribution in [2.45, 2.75) is 13.2 Å². The fourth-order valence-corrected chi connectivity index (χ4v) is 3.96. The van der Waals surface area contributed by atoms with Crippen LogP contribution in [0.25, 0.3) is 21.8 Å². The van der Waals surface area contributed by atoms with Crippen LogP contribution in [0.4, 0.5) is 0 Å². The number of tetrazole rings is 1. The number of ether oxygens (including phenoxy) is 2. The number of H-pyrrole nitrogens is 1. The first-order valence-electron chi connectivity index (χ1n) is 9.98. The van der Waals surface area contributed by atoms with Crippen LogP contribution in [0.2, 0.25) is 0 Å². The minimum absolute atomic E-state index is 0.124. The van der Waals surface area contributed by atoms with Gasteiger partial charge < -0.3 is 19.8 Å². The van der Waals surface area contributed by atoms with E-state index in [9.17, 15) is 4.79 Å². The summed E-state index contributed by atoms with van der Waals surface area (Å²) in [6.07, 6.45) is 0. The van der Waals surface area contributed by atoms with Crippen molar-refractivity contribution in [2.75, 3.05) is 7.11 Å². The molecule has 160 valence electrons. The first-order valence-corrected chi connectivity index (χ1v) is 9.98. The number of carbonyl (C=O) groups is 1. The van der Waals surface area contributed by atoms with Crippen LogP contribution in [0.3, 0.4) is 0 Å². The second kappa shape index (κ2) is 8.03. The highest BCUT2D eigenvalue weighted by molar-refractivity contribution is 6.20. The Kier molecular flexibility index (Phi) is 4.91. The number of nitrogens with zero attached hydrogens (tertiary/aromatic N) is 4. The van der Waals surface area contributed by atoms with Gasteiger partial charge >= 0.3 is 0 Å². The fraction of sp³-hybridized carbons (Fsp3) is 0.130. The average Bonchev–Trinajstić information content (AvgIpc) is 3.44.